The number of likely N-dealkylation sites (tertiary alicyclic amines) is 2. The van der Waals surface area contributed by atoms with Gasteiger partial charge in [-0.2, -0.15) is 10.0 Å². The Morgan fingerprint density at radius 1 is 0.672 bits per heavy atom. The molecule has 2 aliphatic heterocycles. The molecule has 0 atom stereocenters. The number of amides is 4. The number of piperidine rings is 2. The smallest absolute Gasteiger partial charge is 0.434 e. The molecular formula is C48H52N6O7. The monoisotopic (exact) mass is 824 g/mol. The second-order valence-electron chi connectivity index (χ2n) is 15.5. The van der Waals surface area contributed by atoms with Crippen LogP contribution >= 0.6 is 0 Å². The maximum atomic E-state index is 14.6. The average molecular weight is 825 g/mol. The van der Waals surface area contributed by atoms with Gasteiger partial charge in [-0.25, -0.2) is 9.59 Å². The van der Waals surface area contributed by atoms with Crippen LogP contribution < -0.4 is 15.3 Å². The molecule has 13 heteroatoms. The molecule has 3 N–H and O–H groups in total. The Hall–Kier alpha value is -6.54. The fourth-order valence-electron chi connectivity index (χ4n) is 7.89. The molecule has 0 aliphatic carbocycles. The normalized spacial score (nSPS) is 15.1. The number of ether oxygens (including phenoxy) is 1. The number of nitrogens with one attached hydrogen (secondary N) is 1. The Morgan fingerprint density at radius 2 is 1.21 bits per heavy atom. The number of carboxylic acid groups (broad SMARTS) is 1. The summed E-state index contributed by atoms with van der Waals surface area (Å²) in [6, 6.07) is 40.1. The standard InChI is InChI=1S/C48H52N6O7/c1-50(46(57)37-17-12-18-38(33-37)49-45(56)34-52-27-23-39(55)24-28-52)31-32-51-29-25-40(26-30-51)61-48(60)54(44-22-11-9-20-42(44)36-15-6-3-7-16-36)53(47(58)59)43-21-10-8-19-41(43)35-13-4-2-5-14-35/h2-22,33,39-40,55H,23-32,34H2,1H3,(H,49,56)(H,58,59). The lowest BCUT2D eigenvalue weighted by atomic mass is 10.0. The van der Waals surface area contributed by atoms with Crippen LogP contribution in [0.25, 0.3) is 22.3 Å². The van der Waals surface area contributed by atoms with Gasteiger partial charge < -0.3 is 30.1 Å². The molecule has 2 heterocycles. The van der Waals surface area contributed by atoms with E-state index in [9.17, 15) is 29.4 Å². The summed E-state index contributed by atoms with van der Waals surface area (Å²) in [5, 5.41) is 25.7. The van der Waals surface area contributed by atoms with Crippen LogP contribution in [0.3, 0.4) is 0 Å². The Kier molecular flexibility index (Phi) is 14.1. The van der Waals surface area contributed by atoms with Gasteiger partial charge in [0.1, 0.15) is 6.10 Å². The van der Waals surface area contributed by atoms with Crippen LogP contribution in [0.5, 0.6) is 0 Å². The quantitative estimate of drug-likeness (QED) is 0.108. The maximum absolute atomic E-state index is 14.6. The zero-order valence-electron chi connectivity index (χ0n) is 34.3. The van der Waals surface area contributed by atoms with E-state index in [-0.39, 0.29) is 24.5 Å². The first-order chi connectivity index (χ1) is 29.6. The minimum Gasteiger partial charge on any atom is -0.463 e. The Labute approximate surface area is 356 Å². The molecule has 0 radical (unpaired) electrons. The van der Waals surface area contributed by atoms with Crippen molar-refractivity contribution in [2.45, 2.75) is 37.9 Å². The molecule has 2 aliphatic rings. The van der Waals surface area contributed by atoms with E-state index in [0.717, 1.165) is 21.1 Å². The third-order valence-corrected chi connectivity index (χ3v) is 11.2. The van der Waals surface area contributed by atoms with Crippen molar-refractivity contribution < 1.29 is 34.1 Å². The summed E-state index contributed by atoms with van der Waals surface area (Å²) in [6.07, 6.45) is -0.623. The molecule has 13 nitrogen and oxygen atoms in total. The number of benzene rings is 5. The number of likely N-dealkylation sites (N-methyl/N-ethyl adjacent to an activating group) is 1. The predicted octanol–water partition coefficient (Wildman–Crippen LogP) is 7.70. The molecule has 0 unspecified atom stereocenters. The topological polar surface area (TPSA) is 146 Å². The summed E-state index contributed by atoms with van der Waals surface area (Å²) in [7, 11) is 1.75. The summed E-state index contributed by atoms with van der Waals surface area (Å²) >= 11 is 0. The number of aliphatic hydroxyl groups is 1. The number of rotatable bonds is 12. The molecule has 0 bridgehead atoms. The van der Waals surface area contributed by atoms with Crippen molar-refractivity contribution in [3.63, 3.8) is 0 Å². The van der Waals surface area contributed by atoms with Crippen molar-refractivity contribution in [3.8, 4) is 22.3 Å². The van der Waals surface area contributed by atoms with Crippen LogP contribution in [0, 0.1) is 0 Å². The molecule has 0 aromatic heterocycles. The molecular weight excluding hydrogens is 773 g/mol. The van der Waals surface area contributed by atoms with Crippen molar-refractivity contribution in [3.05, 3.63) is 139 Å². The van der Waals surface area contributed by atoms with E-state index < -0.39 is 18.3 Å². The van der Waals surface area contributed by atoms with E-state index in [1.807, 2.05) is 89.8 Å². The van der Waals surface area contributed by atoms with Crippen molar-refractivity contribution in [1.29, 1.82) is 0 Å². The fourth-order valence-corrected chi connectivity index (χ4v) is 7.89. The fraction of sp³-hybridized carbons (Fsp3) is 0.292. The zero-order valence-corrected chi connectivity index (χ0v) is 34.3. The number of hydrogen-bond acceptors (Lipinski definition) is 8. The number of aliphatic hydroxyl groups excluding tert-OH is 1. The van der Waals surface area contributed by atoms with Crippen LogP contribution in [0.15, 0.2) is 133 Å². The molecule has 5 aromatic carbocycles. The highest BCUT2D eigenvalue weighted by Gasteiger charge is 2.36. The predicted molar refractivity (Wildman–Crippen MR) is 236 cm³/mol. The first kappa shape index (κ1) is 42.6. The van der Waals surface area contributed by atoms with Gasteiger partial charge in [-0.1, -0.05) is 103 Å². The molecule has 5 aromatic rings. The van der Waals surface area contributed by atoms with Gasteiger partial charge >= 0.3 is 12.2 Å². The summed E-state index contributed by atoms with van der Waals surface area (Å²) in [5.74, 6) is -0.335. The van der Waals surface area contributed by atoms with Gasteiger partial charge in [0.25, 0.3) is 5.91 Å². The van der Waals surface area contributed by atoms with Gasteiger partial charge in [0, 0.05) is 68.7 Å². The average Bonchev–Trinajstić information content (AvgIpc) is 3.29. The Balaban J connectivity index is 1.00. The summed E-state index contributed by atoms with van der Waals surface area (Å²) in [6.45, 7) is 3.84. The van der Waals surface area contributed by atoms with Crippen molar-refractivity contribution in [2.24, 2.45) is 0 Å². The second-order valence-corrected chi connectivity index (χ2v) is 15.5. The minimum atomic E-state index is -1.36. The molecule has 0 spiro atoms. The summed E-state index contributed by atoms with van der Waals surface area (Å²) < 4.78 is 6.20. The highest BCUT2D eigenvalue weighted by molar-refractivity contribution is 6.06. The molecule has 61 heavy (non-hydrogen) atoms. The first-order valence-electron chi connectivity index (χ1n) is 20.8. The van der Waals surface area contributed by atoms with Crippen LogP contribution in [0.1, 0.15) is 36.0 Å². The molecule has 7 rings (SSSR count). The molecule has 2 fully saturated rings. The highest BCUT2D eigenvalue weighted by Crippen LogP contribution is 2.38. The van der Waals surface area contributed by atoms with Gasteiger partial charge in [0.05, 0.1) is 24.0 Å². The number of hydrogen-bond donors (Lipinski definition) is 3. The van der Waals surface area contributed by atoms with Gasteiger partial charge in [-0.05, 0) is 67.1 Å². The van der Waals surface area contributed by atoms with Crippen LogP contribution in [-0.4, -0.2) is 114 Å². The number of carbonyl (C=O) groups is 4. The number of hydrazine groups is 1. The molecule has 4 amide bonds. The van der Waals surface area contributed by atoms with Gasteiger partial charge in [0.2, 0.25) is 5.91 Å². The lowest BCUT2D eigenvalue weighted by molar-refractivity contribution is -0.117. The molecule has 316 valence electrons. The molecule has 0 saturated carbocycles. The highest BCUT2D eigenvalue weighted by atomic mass is 16.6. The lowest BCUT2D eigenvalue weighted by Crippen LogP contribution is -2.52. The van der Waals surface area contributed by atoms with E-state index in [1.54, 1.807) is 60.5 Å². The Morgan fingerprint density at radius 3 is 1.80 bits per heavy atom. The minimum absolute atomic E-state index is 0.166. The van der Waals surface area contributed by atoms with Gasteiger partial charge in [0.15, 0.2) is 0 Å². The first-order valence-corrected chi connectivity index (χ1v) is 20.8. The van der Waals surface area contributed by atoms with Gasteiger partial charge in [-0.3, -0.25) is 14.5 Å². The SMILES string of the molecule is CN(CCN1CCC(OC(=O)N(c2ccccc2-c2ccccc2)N(C(=O)O)c2ccccc2-c2ccccc2)CC1)C(=O)c1cccc(NC(=O)CN2CCC(O)CC2)c1. The zero-order chi connectivity index (χ0) is 42.7. The van der Waals surface area contributed by atoms with Crippen LogP contribution in [0.4, 0.5) is 26.7 Å². The Bertz CT molecular complexity index is 2280. The largest absolute Gasteiger partial charge is 0.463 e. The van der Waals surface area contributed by atoms with Crippen molar-refractivity contribution in [1.82, 2.24) is 14.7 Å². The van der Waals surface area contributed by atoms with Crippen molar-refractivity contribution in [2.75, 3.05) is 68.2 Å². The third-order valence-electron chi connectivity index (χ3n) is 11.2. The van der Waals surface area contributed by atoms with E-state index in [0.29, 0.717) is 98.7 Å². The maximum Gasteiger partial charge on any atom is 0.434 e. The lowest BCUT2D eigenvalue weighted by Gasteiger charge is -2.37. The van der Waals surface area contributed by atoms with Crippen LogP contribution in [0.2, 0.25) is 0 Å². The van der Waals surface area contributed by atoms with E-state index >= 15 is 0 Å². The van der Waals surface area contributed by atoms with Gasteiger partial charge in [-0.15, -0.1) is 0 Å². The molecule has 2 saturated heterocycles. The van der Waals surface area contributed by atoms with Crippen LogP contribution in [-0.2, 0) is 9.53 Å². The number of para-hydroxylation sites is 2. The van der Waals surface area contributed by atoms with E-state index in [4.69, 9.17) is 4.74 Å². The number of carbonyl (C=O) groups excluding carboxylic acids is 3. The summed E-state index contributed by atoms with van der Waals surface area (Å²) in [5.41, 5.74) is 4.53. The van der Waals surface area contributed by atoms with Crippen molar-refractivity contribution >= 4 is 41.1 Å². The van der Waals surface area contributed by atoms with E-state index in [2.05, 4.69) is 10.2 Å². The number of anilines is 3. The third kappa shape index (κ3) is 10.8. The number of nitrogens with zero attached hydrogens (tertiary/aromatic N) is 5. The second kappa shape index (κ2) is 20.1. The summed E-state index contributed by atoms with van der Waals surface area (Å²) in [4.78, 5) is 60.0. The van der Waals surface area contributed by atoms with E-state index in [1.165, 1.54) is 0 Å².